The average molecular weight is 478 g/mol. The zero-order valence-electron chi connectivity index (χ0n) is 20.3. The summed E-state index contributed by atoms with van der Waals surface area (Å²) in [6.45, 7) is 10.1. The highest BCUT2D eigenvalue weighted by molar-refractivity contribution is 7.11. The lowest BCUT2D eigenvalue weighted by atomic mass is 10.0. The molecule has 2 N–H and O–H groups in total. The molecule has 2 aromatic heterocycles. The summed E-state index contributed by atoms with van der Waals surface area (Å²) in [5.41, 5.74) is -1.12. The SMILES string of the molecule is CCC(=O)c1c(O)cc(C(C)CC/C=C/NC(=O)OC)oc1=O.Cc1ccc(CC(C)C)s1. The molecule has 7 nitrogen and oxygen atoms in total. The Morgan fingerprint density at radius 1 is 1.27 bits per heavy atom. The highest BCUT2D eigenvalue weighted by Gasteiger charge is 2.19. The van der Waals surface area contributed by atoms with E-state index in [4.69, 9.17) is 4.42 Å². The largest absolute Gasteiger partial charge is 0.507 e. The summed E-state index contributed by atoms with van der Waals surface area (Å²) >= 11 is 1.92. The number of amides is 1. The Morgan fingerprint density at radius 3 is 2.48 bits per heavy atom. The molecule has 33 heavy (non-hydrogen) atoms. The van der Waals surface area contributed by atoms with Gasteiger partial charge in [0.05, 0.1) is 7.11 Å². The van der Waals surface area contributed by atoms with Gasteiger partial charge < -0.3 is 14.3 Å². The molecule has 0 fully saturated rings. The number of ketones is 1. The van der Waals surface area contributed by atoms with Crippen LogP contribution in [0.3, 0.4) is 0 Å². The molecular weight excluding hydrogens is 442 g/mol. The predicted octanol–water partition coefficient (Wildman–Crippen LogP) is 5.95. The molecule has 8 heteroatoms. The first-order valence-electron chi connectivity index (χ1n) is 11.0. The monoisotopic (exact) mass is 477 g/mol. The van der Waals surface area contributed by atoms with Crippen molar-refractivity contribution >= 4 is 23.2 Å². The van der Waals surface area contributed by atoms with Gasteiger partial charge in [-0.1, -0.05) is 33.8 Å². The molecule has 1 unspecified atom stereocenters. The number of carbonyl (C=O) groups excluding carboxylic acids is 2. The molecule has 0 aliphatic carbocycles. The summed E-state index contributed by atoms with van der Waals surface area (Å²) < 4.78 is 9.54. The van der Waals surface area contributed by atoms with Crippen LogP contribution in [0.1, 0.15) is 78.7 Å². The standard InChI is InChI=1S/C16H21NO6.C9H14S/c1-4-11(18)14-12(19)9-13(23-15(14)20)10(2)7-5-6-8-17-16(21)22-3;1-7(2)6-9-5-4-8(3)10-9/h6,8-10,19H,4-5,7H2,1-3H3,(H,17,21);4-5,7H,6H2,1-3H3/b8-6+;. The number of allylic oxidation sites excluding steroid dienone is 1. The molecule has 1 atom stereocenters. The number of nitrogens with one attached hydrogen (secondary N) is 1. The van der Waals surface area contributed by atoms with Crippen LogP contribution < -0.4 is 10.9 Å². The number of aromatic hydroxyl groups is 1. The second kappa shape index (κ2) is 14.3. The normalized spacial score (nSPS) is 11.7. The molecule has 0 bridgehead atoms. The Bertz CT molecular complexity index is 989. The first kappa shape index (κ1) is 28.2. The molecule has 0 aromatic carbocycles. The molecule has 2 heterocycles. The second-order valence-corrected chi connectivity index (χ2v) is 9.47. The van der Waals surface area contributed by atoms with Crippen molar-refractivity contribution in [2.75, 3.05) is 7.11 Å². The number of hydrogen-bond donors (Lipinski definition) is 2. The third-order valence-electron chi connectivity index (χ3n) is 4.71. The molecule has 0 spiro atoms. The Balaban J connectivity index is 0.000000451. The quantitative estimate of drug-likeness (QED) is 0.433. The van der Waals surface area contributed by atoms with Crippen molar-refractivity contribution in [3.63, 3.8) is 0 Å². The van der Waals surface area contributed by atoms with Crippen molar-refractivity contribution in [3.8, 4) is 5.75 Å². The van der Waals surface area contributed by atoms with E-state index in [1.165, 1.54) is 35.6 Å². The first-order valence-corrected chi connectivity index (χ1v) is 11.9. The average Bonchev–Trinajstić information content (AvgIpc) is 3.16. The molecule has 182 valence electrons. The lowest BCUT2D eigenvalue weighted by molar-refractivity contribution is 0.0980. The maximum absolute atomic E-state index is 11.8. The van der Waals surface area contributed by atoms with Crippen LogP contribution in [-0.4, -0.2) is 24.1 Å². The van der Waals surface area contributed by atoms with Gasteiger partial charge in [0.1, 0.15) is 17.1 Å². The van der Waals surface area contributed by atoms with Gasteiger partial charge in [0, 0.05) is 34.4 Å². The molecule has 0 aliphatic heterocycles. The minimum absolute atomic E-state index is 0.116. The molecular formula is C25H35NO6S. The zero-order valence-corrected chi connectivity index (χ0v) is 21.1. The van der Waals surface area contributed by atoms with Gasteiger partial charge in [0.25, 0.3) is 0 Å². The first-order chi connectivity index (χ1) is 15.6. The number of ether oxygens (including phenoxy) is 1. The maximum atomic E-state index is 11.8. The number of methoxy groups -OCH3 is 1. The highest BCUT2D eigenvalue weighted by atomic mass is 32.1. The van der Waals surface area contributed by atoms with E-state index < -0.39 is 17.5 Å². The lowest BCUT2D eigenvalue weighted by Crippen LogP contribution is -2.16. The van der Waals surface area contributed by atoms with E-state index in [-0.39, 0.29) is 23.7 Å². The van der Waals surface area contributed by atoms with Gasteiger partial charge in [-0.2, -0.15) is 0 Å². The van der Waals surface area contributed by atoms with E-state index in [0.717, 1.165) is 5.92 Å². The van der Waals surface area contributed by atoms with Gasteiger partial charge in [0.2, 0.25) is 0 Å². The number of rotatable bonds is 9. The third kappa shape index (κ3) is 10.1. The Hall–Kier alpha value is -2.87. The topological polar surface area (TPSA) is 106 Å². The summed E-state index contributed by atoms with van der Waals surface area (Å²) in [4.78, 5) is 37.2. The van der Waals surface area contributed by atoms with Crippen molar-refractivity contribution in [3.05, 3.63) is 62.0 Å². The van der Waals surface area contributed by atoms with Gasteiger partial charge in [-0.25, -0.2) is 9.59 Å². The van der Waals surface area contributed by atoms with Crippen LogP contribution >= 0.6 is 11.3 Å². The maximum Gasteiger partial charge on any atom is 0.410 e. The van der Waals surface area contributed by atoms with Gasteiger partial charge in [0.15, 0.2) is 5.78 Å². The molecule has 0 aliphatic rings. The number of thiophene rings is 1. The van der Waals surface area contributed by atoms with Crippen LogP contribution in [0.5, 0.6) is 5.75 Å². The Labute approximate surface area is 199 Å². The minimum Gasteiger partial charge on any atom is -0.507 e. The van der Waals surface area contributed by atoms with E-state index in [2.05, 4.69) is 43.0 Å². The van der Waals surface area contributed by atoms with E-state index in [9.17, 15) is 19.5 Å². The van der Waals surface area contributed by atoms with Crippen LogP contribution in [0.15, 0.2) is 39.7 Å². The van der Waals surface area contributed by atoms with Crippen molar-refractivity contribution in [1.82, 2.24) is 5.32 Å². The fourth-order valence-electron chi connectivity index (χ4n) is 2.93. The summed E-state index contributed by atoms with van der Waals surface area (Å²) in [6, 6.07) is 5.74. The van der Waals surface area contributed by atoms with E-state index in [1.807, 2.05) is 18.3 Å². The third-order valence-corrected chi connectivity index (χ3v) is 5.73. The van der Waals surface area contributed by atoms with Crippen molar-refractivity contribution in [1.29, 1.82) is 0 Å². The molecule has 2 rings (SSSR count). The van der Waals surface area contributed by atoms with Crippen LogP contribution in [0, 0.1) is 12.8 Å². The van der Waals surface area contributed by atoms with E-state index >= 15 is 0 Å². The lowest BCUT2D eigenvalue weighted by Gasteiger charge is -2.10. The van der Waals surface area contributed by atoms with Crippen LogP contribution in [0.2, 0.25) is 0 Å². The molecule has 0 saturated carbocycles. The fraction of sp³-hybridized carbons (Fsp3) is 0.480. The van der Waals surface area contributed by atoms with Crippen molar-refractivity contribution < 1.29 is 23.8 Å². The van der Waals surface area contributed by atoms with Crippen LogP contribution in [0.25, 0.3) is 0 Å². The summed E-state index contributed by atoms with van der Waals surface area (Å²) in [6.07, 6.45) is 5.24. The summed E-state index contributed by atoms with van der Waals surface area (Å²) in [5.74, 6) is 0.166. The Morgan fingerprint density at radius 2 is 1.97 bits per heavy atom. The summed E-state index contributed by atoms with van der Waals surface area (Å²) in [7, 11) is 1.27. The Kier molecular flexibility index (Phi) is 12.2. The number of aryl methyl sites for hydroxylation is 1. The number of carbonyl (C=O) groups is 2. The van der Waals surface area contributed by atoms with E-state index in [1.54, 1.807) is 13.0 Å². The van der Waals surface area contributed by atoms with E-state index in [0.29, 0.717) is 18.6 Å². The number of alkyl carbamates (subject to hydrolysis) is 1. The summed E-state index contributed by atoms with van der Waals surface area (Å²) in [5, 5.41) is 12.3. The number of hydrogen-bond acceptors (Lipinski definition) is 7. The van der Waals surface area contributed by atoms with Crippen LogP contribution in [-0.2, 0) is 11.2 Å². The van der Waals surface area contributed by atoms with Crippen molar-refractivity contribution in [2.24, 2.45) is 5.92 Å². The van der Waals surface area contributed by atoms with Gasteiger partial charge >= 0.3 is 11.7 Å². The second-order valence-electron chi connectivity index (χ2n) is 8.10. The zero-order chi connectivity index (χ0) is 25.0. The van der Waals surface area contributed by atoms with Crippen molar-refractivity contribution in [2.45, 2.75) is 66.2 Å². The fourth-order valence-corrected chi connectivity index (χ4v) is 4.03. The molecule has 0 saturated heterocycles. The molecule has 2 aromatic rings. The number of Topliss-reactive ketones (excluding diaryl/α,β-unsaturated/α-hetero) is 1. The molecule has 0 radical (unpaired) electrons. The smallest absolute Gasteiger partial charge is 0.410 e. The highest BCUT2D eigenvalue weighted by Crippen LogP contribution is 2.25. The predicted molar refractivity (Wildman–Crippen MR) is 131 cm³/mol. The molecule has 1 amide bonds. The minimum atomic E-state index is -0.818. The van der Waals surface area contributed by atoms with Gasteiger partial charge in [-0.05, 0) is 44.2 Å². The van der Waals surface area contributed by atoms with Gasteiger partial charge in [-0.3, -0.25) is 10.1 Å². The van der Waals surface area contributed by atoms with Crippen LogP contribution in [0.4, 0.5) is 4.79 Å². The van der Waals surface area contributed by atoms with Gasteiger partial charge in [-0.15, -0.1) is 11.3 Å².